The van der Waals surface area contributed by atoms with Crippen LogP contribution in [0.4, 0.5) is 13.2 Å². The van der Waals surface area contributed by atoms with E-state index in [0.717, 1.165) is 54.6 Å². The maximum absolute atomic E-state index is 10.6. The number of likely N-dealkylation sites (tertiary alicyclic amines) is 1. The Labute approximate surface area is 286 Å². The van der Waals surface area contributed by atoms with Gasteiger partial charge in [0.1, 0.15) is 0 Å². The van der Waals surface area contributed by atoms with Crippen LogP contribution >= 0.6 is 23.2 Å². The first kappa shape index (κ1) is 33.6. The van der Waals surface area contributed by atoms with Crippen LogP contribution in [0.2, 0.25) is 10.0 Å². The zero-order valence-corrected chi connectivity index (χ0v) is 27.4. The van der Waals surface area contributed by atoms with E-state index in [0.29, 0.717) is 5.92 Å². The van der Waals surface area contributed by atoms with Crippen LogP contribution in [0.1, 0.15) is 35.4 Å². The Morgan fingerprint density at radius 2 is 1.35 bits per heavy atom. The molecule has 4 nitrogen and oxygen atoms in total. The molecule has 0 unspecified atom stereocenters. The van der Waals surface area contributed by atoms with Crippen LogP contribution in [-0.4, -0.2) is 39.8 Å². The molecule has 1 saturated heterocycles. The molecule has 0 spiro atoms. The molecule has 1 aromatic heterocycles. The lowest BCUT2D eigenvalue weighted by atomic mass is 9.89. The third kappa shape index (κ3) is 7.39. The molecule has 7 rings (SSSR count). The molecule has 48 heavy (non-hydrogen) atoms. The Morgan fingerprint density at radius 1 is 0.750 bits per heavy atom. The van der Waals surface area contributed by atoms with Gasteiger partial charge in [0.25, 0.3) is 0 Å². The van der Waals surface area contributed by atoms with E-state index in [-0.39, 0.29) is 0 Å². The second-order valence-electron chi connectivity index (χ2n) is 12.0. The van der Waals surface area contributed by atoms with Crippen LogP contribution in [0.25, 0.3) is 32.9 Å². The number of carbonyl (C=O) groups is 1. The molecule has 0 amide bonds. The number of carboxylic acids is 1. The summed E-state index contributed by atoms with van der Waals surface area (Å²) in [6, 6.07) is 41.1. The van der Waals surface area contributed by atoms with Gasteiger partial charge in [-0.1, -0.05) is 114 Å². The number of halogens is 5. The van der Waals surface area contributed by atoms with Crippen molar-refractivity contribution in [2.75, 3.05) is 13.1 Å². The van der Waals surface area contributed by atoms with E-state index in [1.54, 1.807) is 0 Å². The molecule has 0 radical (unpaired) electrons. The number of hydrogen-bond acceptors (Lipinski definition) is 2. The van der Waals surface area contributed by atoms with Crippen molar-refractivity contribution >= 4 is 50.8 Å². The van der Waals surface area contributed by atoms with Gasteiger partial charge in [-0.25, -0.2) is 4.79 Å². The number of piperidine rings is 1. The highest BCUT2D eigenvalue weighted by molar-refractivity contribution is 6.36. The van der Waals surface area contributed by atoms with E-state index >= 15 is 0 Å². The summed E-state index contributed by atoms with van der Waals surface area (Å²) >= 11 is 13.2. The molecule has 1 aliphatic heterocycles. The SMILES string of the molecule is Clc1cccc(Cl)c1C1CCN(Cc2c(-c3ccccc3)n(Cc3ccc4ccccc4c3)c3ccccc23)CC1.O=C(O)C(F)(F)F. The summed E-state index contributed by atoms with van der Waals surface area (Å²) in [6.45, 7) is 3.77. The van der Waals surface area contributed by atoms with Gasteiger partial charge in [0.2, 0.25) is 0 Å². The fourth-order valence-corrected chi connectivity index (χ4v) is 7.36. The van der Waals surface area contributed by atoms with Crippen LogP contribution in [-0.2, 0) is 17.9 Å². The maximum atomic E-state index is 10.6. The molecular formula is C39H33Cl2F3N2O2. The molecule has 0 bridgehead atoms. The van der Waals surface area contributed by atoms with Crippen molar-refractivity contribution in [2.45, 2.75) is 38.0 Å². The van der Waals surface area contributed by atoms with Crippen LogP contribution in [0, 0.1) is 0 Å². The summed E-state index contributed by atoms with van der Waals surface area (Å²) < 4.78 is 34.3. The molecule has 9 heteroatoms. The summed E-state index contributed by atoms with van der Waals surface area (Å²) in [7, 11) is 0. The molecule has 6 aromatic rings. The third-order valence-electron chi connectivity index (χ3n) is 8.90. The quantitative estimate of drug-likeness (QED) is 0.189. The van der Waals surface area contributed by atoms with Gasteiger partial charge < -0.3 is 9.67 Å². The lowest BCUT2D eigenvalue weighted by Crippen LogP contribution is -2.32. The summed E-state index contributed by atoms with van der Waals surface area (Å²) in [6.07, 6.45) is -2.97. The highest BCUT2D eigenvalue weighted by atomic mass is 35.5. The fraction of sp³-hybridized carbons (Fsp3) is 0.205. The van der Waals surface area contributed by atoms with E-state index < -0.39 is 12.1 Å². The summed E-state index contributed by atoms with van der Waals surface area (Å²) in [4.78, 5) is 11.5. The topological polar surface area (TPSA) is 45.5 Å². The second-order valence-corrected chi connectivity index (χ2v) is 12.8. The van der Waals surface area contributed by atoms with E-state index in [4.69, 9.17) is 33.1 Å². The number of fused-ring (bicyclic) bond motifs is 2. The van der Waals surface area contributed by atoms with Crippen LogP contribution in [0.3, 0.4) is 0 Å². The Hall–Kier alpha value is -4.30. The van der Waals surface area contributed by atoms with E-state index in [1.807, 2.05) is 18.2 Å². The fourth-order valence-electron chi connectivity index (χ4n) is 6.65. The van der Waals surface area contributed by atoms with E-state index in [1.165, 1.54) is 44.1 Å². The van der Waals surface area contributed by atoms with Gasteiger partial charge in [0.05, 0.1) is 5.69 Å². The van der Waals surface area contributed by atoms with Gasteiger partial charge in [-0.15, -0.1) is 0 Å². The molecule has 5 aromatic carbocycles. The van der Waals surface area contributed by atoms with Crippen molar-refractivity contribution in [2.24, 2.45) is 0 Å². The molecular weight excluding hydrogens is 656 g/mol. The monoisotopic (exact) mass is 688 g/mol. The average molecular weight is 690 g/mol. The van der Waals surface area contributed by atoms with Crippen molar-refractivity contribution in [1.82, 2.24) is 9.47 Å². The van der Waals surface area contributed by atoms with Gasteiger partial charge in [-0.2, -0.15) is 13.2 Å². The lowest BCUT2D eigenvalue weighted by molar-refractivity contribution is -0.192. The highest BCUT2D eigenvalue weighted by Gasteiger charge is 2.38. The van der Waals surface area contributed by atoms with E-state index in [2.05, 4.69) is 107 Å². The van der Waals surface area contributed by atoms with Crippen molar-refractivity contribution in [1.29, 1.82) is 0 Å². The molecule has 0 aliphatic carbocycles. The molecule has 1 aliphatic rings. The number of nitrogens with zero attached hydrogens (tertiary/aromatic N) is 2. The minimum absolute atomic E-state index is 0.398. The number of rotatable bonds is 6. The first-order valence-corrected chi connectivity index (χ1v) is 16.5. The van der Waals surface area contributed by atoms with Crippen molar-refractivity contribution < 1.29 is 23.1 Å². The maximum Gasteiger partial charge on any atom is 0.490 e. The minimum Gasteiger partial charge on any atom is -0.475 e. The summed E-state index contributed by atoms with van der Waals surface area (Å²) in [5.74, 6) is -2.36. The molecule has 1 fully saturated rings. The standard InChI is InChI=1S/C37H32Cl2N2.C2HF3O2/c38-33-14-8-15-34(39)36(33)28-19-21-40(22-20-28)25-32-31-13-6-7-16-35(31)41(37(32)29-10-2-1-3-11-29)24-26-17-18-27-9-4-5-12-30(27)23-26;3-2(4,5)1(6)7/h1-18,23,28H,19-22,24-25H2;(H,6,7). The van der Waals surface area contributed by atoms with Gasteiger partial charge in [0, 0.05) is 34.0 Å². The average Bonchev–Trinajstić information content (AvgIpc) is 3.38. The number of para-hydroxylation sites is 1. The predicted octanol–water partition coefficient (Wildman–Crippen LogP) is 10.8. The third-order valence-corrected chi connectivity index (χ3v) is 9.56. The molecule has 246 valence electrons. The molecule has 1 N–H and O–H groups in total. The number of benzene rings is 5. The van der Waals surface area contributed by atoms with Gasteiger partial charge in [-0.3, -0.25) is 4.90 Å². The smallest absolute Gasteiger partial charge is 0.475 e. The summed E-state index contributed by atoms with van der Waals surface area (Å²) in [5, 5.41) is 12.6. The van der Waals surface area contributed by atoms with Gasteiger partial charge >= 0.3 is 12.1 Å². The molecule has 0 atom stereocenters. The van der Waals surface area contributed by atoms with Crippen LogP contribution < -0.4 is 0 Å². The summed E-state index contributed by atoms with van der Waals surface area (Å²) in [5.41, 5.74) is 7.69. The minimum atomic E-state index is -5.08. The number of hydrogen-bond donors (Lipinski definition) is 1. The lowest BCUT2D eigenvalue weighted by Gasteiger charge is -2.33. The first-order valence-electron chi connectivity index (χ1n) is 15.7. The Kier molecular flexibility index (Phi) is 10.1. The zero-order chi connectivity index (χ0) is 33.8. The number of aromatic nitrogens is 1. The van der Waals surface area contributed by atoms with Crippen molar-refractivity contribution in [3.8, 4) is 11.3 Å². The second kappa shape index (κ2) is 14.4. The van der Waals surface area contributed by atoms with Crippen molar-refractivity contribution in [3.05, 3.63) is 142 Å². The largest absolute Gasteiger partial charge is 0.490 e. The van der Waals surface area contributed by atoms with Crippen molar-refractivity contribution in [3.63, 3.8) is 0 Å². The Balaban J connectivity index is 0.000000519. The number of carboxylic acid groups (broad SMARTS) is 1. The van der Waals surface area contributed by atoms with Gasteiger partial charge in [-0.05, 0) is 89.1 Å². The molecule has 0 saturated carbocycles. The van der Waals surface area contributed by atoms with Crippen LogP contribution in [0.5, 0.6) is 0 Å². The zero-order valence-electron chi connectivity index (χ0n) is 25.9. The Morgan fingerprint density at radius 3 is 2.02 bits per heavy atom. The normalized spacial score (nSPS) is 14.2. The highest BCUT2D eigenvalue weighted by Crippen LogP contribution is 2.40. The number of alkyl halides is 3. The first-order chi connectivity index (χ1) is 23.1. The molecule has 2 heterocycles. The Bertz CT molecular complexity index is 2030. The number of aliphatic carboxylic acids is 1. The van der Waals surface area contributed by atoms with Crippen LogP contribution in [0.15, 0.2) is 115 Å². The predicted molar refractivity (Wildman–Crippen MR) is 188 cm³/mol. The van der Waals surface area contributed by atoms with Gasteiger partial charge in [0.15, 0.2) is 0 Å². The van der Waals surface area contributed by atoms with E-state index in [9.17, 15) is 13.2 Å².